The van der Waals surface area contributed by atoms with E-state index in [1.807, 2.05) is 29.9 Å². The zero-order valence-corrected chi connectivity index (χ0v) is 12.8. The smallest absolute Gasteiger partial charge is 0.243 e. The monoisotopic (exact) mass is 306 g/mol. The first-order chi connectivity index (χ1) is 9.93. The van der Waals surface area contributed by atoms with Crippen molar-refractivity contribution in [1.82, 2.24) is 8.87 Å². The van der Waals surface area contributed by atoms with Crippen molar-refractivity contribution in [1.29, 1.82) is 0 Å². The number of benzene rings is 1. The van der Waals surface area contributed by atoms with Crippen molar-refractivity contribution in [2.75, 3.05) is 7.05 Å². The molecule has 0 amide bonds. The lowest BCUT2D eigenvalue weighted by atomic mass is 9.98. The van der Waals surface area contributed by atoms with E-state index in [9.17, 15) is 13.5 Å². The topological polar surface area (TPSA) is 62.5 Å². The molecule has 1 aliphatic heterocycles. The average molecular weight is 306 g/mol. The quantitative estimate of drug-likeness (QED) is 0.910. The van der Waals surface area contributed by atoms with Crippen LogP contribution >= 0.6 is 0 Å². The summed E-state index contributed by atoms with van der Waals surface area (Å²) >= 11 is 0. The summed E-state index contributed by atoms with van der Waals surface area (Å²) in [7, 11) is -0.115. The molecule has 6 heteroatoms. The van der Waals surface area contributed by atoms with Gasteiger partial charge in [0.1, 0.15) is 0 Å². The van der Waals surface area contributed by atoms with Crippen molar-refractivity contribution in [2.45, 2.75) is 23.5 Å². The van der Waals surface area contributed by atoms with Gasteiger partial charge >= 0.3 is 0 Å². The average Bonchev–Trinajstić information content (AvgIpc) is 2.87. The van der Waals surface area contributed by atoms with Crippen molar-refractivity contribution in [3.8, 4) is 0 Å². The van der Waals surface area contributed by atoms with Crippen LogP contribution in [0.4, 0.5) is 0 Å². The van der Waals surface area contributed by atoms with Gasteiger partial charge in [0, 0.05) is 38.0 Å². The summed E-state index contributed by atoms with van der Waals surface area (Å²) in [6, 6.07) is 10.0. The summed E-state index contributed by atoms with van der Waals surface area (Å²) in [4.78, 5) is 0.197. The van der Waals surface area contributed by atoms with Gasteiger partial charge in [-0.3, -0.25) is 0 Å². The minimum atomic E-state index is -3.55. The van der Waals surface area contributed by atoms with Crippen LogP contribution in [0.1, 0.15) is 17.4 Å². The predicted molar refractivity (Wildman–Crippen MR) is 79.3 cm³/mol. The number of aliphatic hydroxyl groups is 1. The number of aliphatic hydroxyl groups excluding tert-OH is 1. The van der Waals surface area contributed by atoms with Crippen LogP contribution in [0.25, 0.3) is 0 Å². The van der Waals surface area contributed by atoms with Crippen LogP contribution in [0, 0.1) is 0 Å². The van der Waals surface area contributed by atoms with Gasteiger partial charge in [-0.2, -0.15) is 4.31 Å². The van der Waals surface area contributed by atoms with Crippen LogP contribution in [0.5, 0.6) is 0 Å². The molecule has 0 fully saturated rings. The minimum absolute atomic E-state index is 0.197. The van der Waals surface area contributed by atoms with Crippen molar-refractivity contribution in [2.24, 2.45) is 7.05 Å². The molecular weight excluding hydrogens is 288 g/mol. The summed E-state index contributed by atoms with van der Waals surface area (Å²) < 4.78 is 28.4. The minimum Gasteiger partial charge on any atom is -0.387 e. The number of nitrogens with zero attached hydrogens (tertiary/aromatic N) is 2. The number of hydrogen-bond donors (Lipinski definition) is 1. The van der Waals surface area contributed by atoms with Gasteiger partial charge in [0.2, 0.25) is 10.0 Å². The van der Waals surface area contributed by atoms with E-state index in [0.717, 1.165) is 5.69 Å². The molecule has 1 aromatic carbocycles. The zero-order valence-electron chi connectivity index (χ0n) is 12.0. The molecule has 1 aromatic heterocycles. The number of hydrogen-bond acceptors (Lipinski definition) is 3. The van der Waals surface area contributed by atoms with Gasteiger partial charge < -0.3 is 9.67 Å². The Hall–Kier alpha value is -1.63. The van der Waals surface area contributed by atoms with Gasteiger partial charge in [0.15, 0.2) is 0 Å². The fraction of sp³-hybridized carbons (Fsp3) is 0.333. The van der Waals surface area contributed by atoms with Gasteiger partial charge in [-0.1, -0.05) is 18.2 Å². The van der Waals surface area contributed by atoms with Crippen LogP contribution < -0.4 is 0 Å². The Labute approximate surface area is 124 Å². The third kappa shape index (κ3) is 2.19. The molecule has 112 valence electrons. The second-order valence-electron chi connectivity index (χ2n) is 5.39. The molecule has 0 bridgehead atoms. The Kier molecular flexibility index (Phi) is 3.39. The maximum atomic E-state index is 12.6. The number of sulfonamides is 1. The highest BCUT2D eigenvalue weighted by Crippen LogP contribution is 2.36. The first-order valence-corrected chi connectivity index (χ1v) is 8.22. The summed E-state index contributed by atoms with van der Waals surface area (Å²) in [6.07, 6.45) is 1.55. The summed E-state index contributed by atoms with van der Waals surface area (Å²) in [5.74, 6) is 0. The molecule has 2 unspecified atom stereocenters. The Balaban J connectivity index is 2.06. The van der Waals surface area contributed by atoms with E-state index in [1.165, 1.54) is 11.4 Å². The van der Waals surface area contributed by atoms with Crippen LogP contribution in [0.2, 0.25) is 0 Å². The number of aryl methyl sites for hydroxylation is 1. The fourth-order valence-corrected chi connectivity index (χ4v) is 4.46. The van der Waals surface area contributed by atoms with E-state index >= 15 is 0 Å². The molecule has 5 nitrogen and oxygen atoms in total. The molecule has 3 rings (SSSR count). The predicted octanol–water partition coefficient (Wildman–Crippen LogP) is 1.30. The first-order valence-electron chi connectivity index (χ1n) is 6.78. The summed E-state index contributed by atoms with van der Waals surface area (Å²) in [6.45, 7) is 0. The van der Waals surface area contributed by atoms with Gasteiger partial charge in [-0.25, -0.2) is 8.42 Å². The third-order valence-corrected chi connectivity index (χ3v) is 6.15. The highest BCUT2D eigenvalue weighted by molar-refractivity contribution is 7.89. The Morgan fingerprint density at radius 3 is 2.52 bits per heavy atom. The molecule has 0 saturated heterocycles. The molecule has 2 heterocycles. The van der Waals surface area contributed by atoms with Crippen LogP contribution in [0.3, 0.4) is 0 Å². The summed E-state index contributed by atoms with van der Waals surface area (Å²) in [5.41, 5.74) is 1.47. The summed E-state index contributed by atoms with van der Waals surface area (Å²) in [5, 5.41) is 10.6. The molecule has 2 atom stereocenters. The van der Waals surface area contributed by atoms with E-state index in [2.05, 4.69) is 0 Å². The van der Waals surface area contributed by atoms with E-state index in [0.29, 0.717) is 12.0 Å². The van der Waals surface area contributed by atoms with E-state index < -0.39 is 22.2 Å². The number of fused-ring (bicyclic) bond motifs is 1. The Morgan fingerprint density at radius 2 is 1.86 bits per heavy atom. The lowest BCUT2D eigenvalue weighted by Gasteiger charge is -2.37. The lowest BCUT2D eigenvalue weighted by Crippen LogP contribution is -2.46. The number of rotatable bonds is 2. The highest BCUT2D eigenvalue weighted by atomic mass is 32.2. The molecule has 0 spiro atoms. The maximum absolute atomic E-state index is 12.6. The molecule has 0 radical (unpaired) electrons. The van der Waals surface area contributed by atoms with Gasteiger partial charge in [0.05, 0.1) is 17.0 Å². The van der Waals surface area contributed by atoms with E-state index in [4.69, 9.17) is 0 Å². The molecule has 2 aromatic rings. The largest absolute Gasteiger partial charge is 0.387 e. The van der Waals surface area contributed by atoms with Crippen LogP contribution in [0.15, 0.2) is 47.5 Å². The van der Waals surface area contributed by atoms with Crippen LogP contribution in [-0.2, 0) is 23.5 Å². The lowest BCUT2D eigenvalue weighted by molar-refractivity contribution is 0.0883. The van der Waals surface area contributed by atoms with Crippen molar-refractivity contribution < 1.29 is 13.5 Å². The molecule has 21 heavy (non-hydrogen) atoms. The molecule has 1 aliphatic rings. The second kappa shape index (κ2) is 4.98. The number of likely N-dealkylation sites (N-methyl/N-ethyl adjacent to an activating group) is 1. The second-order valence-corrected chi connectivity index (χ2v) is 7.35. The van der Waals surface area contributed by atoms with Crippen molar-refractivity contribution >= 4 is 10.0 Å². The van der Waals surface area contributed by atoms with Crippen molar-refractivity contribution in [3.05, 3.63) is 53.9 Å². The van der Waals surface area contributed by atoms with Gasteiger partial charge in [-0.05, 0) is 18.2 Å². The van der Waals surface area contributed by atoms with Crippen LogP contribution in [-0.4, -0.2) is 35.5 Å². The Bertz CT molecular complexity index is 767. The van der Waals surface area contributed by atoms with Gasteiger partial charge in [0.25, 0.3) is 0 Å². The molecule has 0 saturated carbocycles. The number of aromatic nitrogens is 1. The first kappa shape index (κ1) is 14.3. The SMILES string of the molecule is CN1C(Cc2cccn2C)C(O)c2ccccc2S1(=O)=O. The molecule has 0 aliphatic carbocycles. The third-order valence-electron chi connectivity index (χ3n) is 4.20. The Morgan fingerprint density at radius 1 is 1.14 bits per heavy atom. The molecule has 1 N–H and O–H groups in total. The molecular formula is C15H18N2O3S. The van der Waals surface area contributed by atoms with E-state index in [-0.39, 0.29) is 4.90 Å². The normalized spacial score (nSPS) is 24.7. The fourth-order valence-electron chi connectivity index (χ4n) is 2.86. The van der Waals surface area contributed by atoms with E-state index in [1.54, 1.807) is 24.3 Å². The zero-order chi connectivity index (χ0) is 15.2. The maximum Gasteiger partial charge on any atom is 0.243 e. The standard InChI is InChI=1S/C15H18N2O3S/c1-16-9-5-6-11(16)10-13-15(18)12-7-3-4-8-14(12)21(19,20)17(13)2/h3-9,13,15,18H,10H2,1-2H3. The van der Waals surface area contributed by atoms with Crippen molar-refractivity contribution in [3.63, 3.8) is 0 Å². The van der Waals surface area contributed by atoms with Gasteiger partial charge in [-0.15, -0.1) is 0 Å². The highest BCUT2D eigenvalue weighted by Gasteiger charge is 2.41.